The fraction of sp³-hybridized carbons (Fsp3) is 0.562. The molecule has 1 aromatic carbocycles. The van der Waals surface area contributed by atoms with E-state index in [0.717, 1.165) is 5.56 Å². The molecule has 1 aliphatic rings. The van der Waals surface area contributed by atoms with Gasteiger partial charge >= 0.3 is 6.09 Å². The number of carbonyl (C=O) groups excluding carboxylic acids is 1. The van der Waals surface area contributed by atoms with Crippen LogP contribution in [0.5, 0.6) is 0 Å². The zero-order valence-corrected chi connectivity index (χ0v) is 14.7. The van der Waals surface area contributed by atoms with Crippen molar-refractivity contribution in [3.63, 3.8) is 0 Å². The van der Waals surface area contributed by atoms with Crippen molar-refractivity contribution in [2.75, 3.05) is 13.7 Å². The number of benzene rings is 1. The van der Waals surface area contributed by atoms with Crippen LogP contribution in [0.4, 0.5) is 4.79 Å². The summed E-state index contributed by atoms with van der Waals surface area (Å²) in [4.78, 5) is 13.9. The third kappa shape index (κ3) is 3.19. The fourth-order valence-electron chi connectivity index (χ4n) is 2.75. The van der Waals surface area contributed by atoms with Gasteiger partial charge in [0.1, 0.15) is 5.60 Å². The van der Waals surface area contributed by atoms with Gasteiger partial charge in [-0.1, -0.05) is 29.3 Å². The van der Waals surface area contributed by atoms with Crippen molar-refractivity contribution in [1.82, 2.24) is 4.90 Å². The molecule has 2 rings (SSSR count). The number of amides is 1. The molecule has 122 valence electrons. The van der Waals surface area contributed by atoms with Crippen molar-refractivity contribution in [2.24, 2.45) is 5.92 Å². The summed E-state index contributed by atoms with van der Waals surface area (Å²) in [5.74, 6) is -0.0396. The molecule has 1 aromatic rings. The molecule has 1 N–H and O–H groups in total. The van der Waals surface area contributed by atoms with Crippen LogP contribution in [0.15, 0.2) is 18.2 Å². The van der Waals surface area contributed by atoms with Crippen LogP contribution in [0.3, 0.4) is 0 Å². The fourth-order valence-corrected chi connectivity index (χ4v) is 3.05. The lowest BCUT2D eigenvalue weighted by Gasteiger charge is -2.32. The summed E-state index contributed by atoms with van der Waals surface area (Å²) in [6.07, 6.45) is 0.242. The standard InChI is InChI=1S/C16H21Cl2NO3/c1-15(2,3)22-14(21)19(4)16(8-11(16)9-20)10-5-6-12(17)13(18)7-10/h5-7,11,20H,8-9H2,1-4H3/t11-,16+/m0/s1. The Bertz CT molecular complexity index is 585. The smallest absolute Gasteiger partial charge is 0.410 e. The quantitative estimate of drug-likeness (QED) is 0.898. The van der Waals surface area contributed by atoms with Gasteiger partial charge in [0, 0.05) is 19.6 Å². The highest BCUT2D eigenvalue weighted by atomic mass is 35.5. The summed E-state index contributed by atoms with van der Waals surface area (Å²) in [6, 6.07) is 5.29. The molecule has 2 atom stereocenters. The maximum absolute atomic E-state index is 12.4. The molecule has 0 bridgehead atoms. The second-order valence-corrected chi connectivity index (χ2v) is 7.49. The van der Waals surface area contributed by atoms with Crippen LogP contribution in [-0.4, -0.2) is 35.4 Å². The maximum Gasteiger partial charge on any atom is 0.410 e. The third-order valence-electron chi connectivity index (χ3n) is 3.98. The monoisotopic (exact) mass is 345 g/mol. The van der Waals surface area contributed by atoms with E-state index in [-0.39, 0.29) is 12.5 Å². The van der Waals surface area contributed by atoms with Crippen molar-refractivity contribution >= 4 is 29.3 Å². The lowest BCUT2D eigenvalue weighted by Crippen LogP contribution is -2.42. The number of ether oxygens (including phenoxy) is 1. The van der Waals surface area contributed by atoms with Crippen LogP contribution in [-0.2, 0) is 10.3 Å². The molecule has 6 heteroatoms. The number of hydrogen-bond acceptors (Lipinski definition) is 3. The second-order valence-electron chi connectivity index (χ2n) is 6.68. The minimum Gasteiger partial charge on any atom is -0.444 e. The molecule has 0 aliphatic heterocycles. The Morgan fingerprint density at radius 3 is 2.50 bits per heavy atom. The normalized spacial score (nSPS) is 24.0. The van der Waals surface area contributed by atoms with Gasteiger partial charge < -0.3 is 14.7 Å². The summed E-state index contributed by atoms with van der Waals surface area (Å²) in [7, 11) is 1.69. The van der Waals surface area contributed by atoms with Gasteiger partial charge in [-0.05, 0) is 44.9 Å². The van der Waals surface area contributed by atoms with Crippen LogP contribution in [0, 0.1) is 5.92 Å². The molecule has 0 spiro atoms. The predicted octanol–water partition coefficient (Wildman–Crippen LogP) is 4.07. The van der Waals surface area contributed by atoms with E-state index < -0.39 is 17.2 Å². The van der Waals surface area contributed by atoms with E-state index in [0.29, 0.717) is 16.5 Å². The van der Waals surface area contributed by atoms with E-state index in [1.165, 1.54) is 0 Å². The van der Waals surface area contributed by atoms with E-state index in [2.05, 4.69) is 0 Å². The van der Waals surface area contributed by atoms with E-state index >= 15 is 0 Å². The molecular formula is C16H21Cl2NO3. The predicted molar refractivity (Wildman–Crippen MR) is 87.3 cm³/mol. The number of aliphatic hydroxyl groups excluding tert-OH is 1. The highest BCUT2D eigenvalue weighted by Gasteiger charge is 2.60. The van der Waals surface area contributed by atoms with Crippen molar-refractivity contribution in [2.45, 2.75) is 38.3 Å². The summed E-state index contributed by atoms with van der Waals surface area (Å²) in [5.41, 5.74) is -0.312. The van der Waals surface area contributed by atoms with E-state index in [1.807, 2.05) is 26.8 Å². The number of aliphatic hydroxyl groups is 1. The van der Waals surface area contributed by atoms with Gasteiger partial charge in [0.25, 0.3) is 0 Å². The van der Waals surface area contributed by atoms with Crippen molar-refractivity contribution in [3.05, 3.63) is 33.8 Å². The van der Waals surface area contributed by atoms with Gasteiger partial charge in [0.2, 0.25) is 0 Å². The van der Waals surface area contributed by atoms with Crippen LogP contribution in [0.1, 0.15) is 32.8 Å². The SMILES string of the molecule is CN(C(=O)OC(C)(C)C)[C@@]1(c2ccc(Cl)c(Cl)c2)C[C@H]1CO. The lowest BCUT2D eigenvalue weighted by molar-refractivity contribution is 0.0160. The first-order valence-electron chi connectivity index (χ1n) is 7.15. The molecule has 1 saturated carbocycles. The summed E-state index contributed by atoms with van der Waals surface area (Å²) in [6.45, 7) is 5.45. The van der Waals surface area contributed by atoms with Crippen molar-refractivity contribution in [3.8, 4) is 0 Å². The first-order valence-corrected chi connectivity index (χ1v) is 7.90. The van der Waals surface area contributed by atoms with E-state index in [9.17, 15) is 9.90 Å². The average Bonchev–Trinajstić information content (AvgIpc) is 3.14. The van der Waals surface area contributed by atoms with Gasteiger partial charge in [-0.2, -0.15) is 0 Å². The molecule has 0 radical (unpaired) electrons. The van der Waals surface area contributed by atoms with Crippen molar-refractivity contribution in [1.29, 1.82) is 0 Å². The van der Waals surface area contributed by atoms with Crippen LogP contribution in [0.25, 0.3) is 0 Å². The maximum atomic E-state index is 12.4. The zero-order valence-electron chi connectivity index (χ0n) is 13.2. The summed E-state index contributed by atoms with van der Waals surface area (Å²) < 4.78 is 5.44. The molecule has 0 saturated heterocycles. The lowest BCUT2D eigenvalue weighted by atomic mass is 10.0. The number of carbonyl (C=O) groups is 1. The Balaban J connectivity index is 2.33. The van der Waals surface area contributed by atoms with Gasteiger partial charge in [-0.3, -0.25) is 0 Å². The van der Waals surface area contributed by atoms with Gasteiger partial charge in [0.05, 0.1) is 15.6 Å². The molecule has 22 heavy (non-hydrogen) atoms. The number of rotatable bonds is 3. The molecule has 1 fully saturated rings. The Labute approximate surface area is 141 Å². The van der Waals surface area contributed by atoms with Gasteiger partial charge in [-0.15, -0.1) is 0 Å². The molecule has 1 aliphatic carbocycles. The minimum absolute atomic E-state index is 0.00656. The Hall–Kier alpha value is -0.970. The average molecular weight is 346 g/mol. The molecule has 0 aromatic heterocycles. The zero-order chi connectivity index (χ0) is 16.7. The topological polar surface area (TPSA) is 49.8 Å². The molecule has 0 unspecified atom stereocenters. The van der Waals surface area contributed by atoms with Gasteiger partial charge in [0.15, 0.2) is 0 Å². The second kappa shape index (κ2) is 5.91. The van der Waals surface area contributed by atoms with E-state index in [4.69, 9.17) is 27.9 Å². The number of halogens is 2. The molecule has 0 heterocycles. The molecular weight excluding hydrogens is 325 g/mol. The van der Waals surface area contributed by atoms with Crippen LogP contribution < -0.4 is 0 Å². The van der Waals surface area contributed by atoms with Gasteiger partial charge in [-0.25, -0.2) is 4.79 Å². The Morgan fingerprint density at radius 1 is 1.41 bits per heavy atom. The van der Waals surface area contributed by atoms with E-state index in [1.54, 1.807) is 24.1 Å². The third-order valence-corrected chi connectivity index (χ3v) is 4.72. The molecule has 4 nitrogen and oxygen atoms in total. The Kier molecular flexibility index (Phi) is 4.67. The first-order chi connectivity index (χ1) is 10.1. The highest BCUT2D eigenvalue weighted by Crippen LogP contribution is 2.56. The number of nitrogens with zero attached hydrogens (tertiary/aromatic N) is 1. The van der Waals surface area contributed by atoms with Crippen LogP contribution in [0.2, 0.25) is 10.0 Å². The largest absolute Gasteiger partial charge is 0.444 e. The van der Waals surface area contributed by atoms with Crippen molar-refractivity contribution < 1.29 is 14.6 Å². The number of hydrogen-bond donors (Lipinski definition) is 1. The minimum atomic E-state index is -0.592. The molecule has 1 amide bonds. The highest BCUT2D eigenvalue weighted by molar-refractivity contribution is 6.42. The van der Waals surface area contributed by atoms with Crippen LogP contribution >= 0.6 is 23.2 Å². The Morgan fingerprint density at radius 2 is 2.05 bits per heavy atom. The summed E-state index contributed by atoms with van der Waals surface area (Å²) in [5, 5.41) is 10.4. The summed E-state index contributed by atoms with van der Waals surface area (Å²) >= 11 is 12.1. The first kappa shape index (κ1) is 17.4.